The van der Waals surface area contributed by atoms with Gasteiger partial charge in [-0.2, -0.15) is 0 Å². The minimum Gasteiger partial charge on any atom is -0.204 e. The van der Waals surface area contributed by atoms with Gasteiger partial charge in [0, 0.05) is 10.1 Å². The minimum absolute atomic E-state index is 0.470. The molecule has 72 valence electrons. The van der Waals surface area contributed by atoms with Gasteiger partial charge in [0.25, 0.3) is 0 Å². The number of halogens is 2. The molecule has 1 aromatic rings. The zero-order chi connectivity index (χ0) is 9.84. The molecular formula is C9H10F2S2. The van der Waals surface area contributed by atoms with Crippen LogP contribution in [0.3, 0.4) is 0 Å². The molecule has 0 aromatic heterocycles. The van der Waals surface area contributed by atoms with Gasteiger partial charge in [-0.15, -0.1) is 0 Å². The zero-order valence-electron chi connectivity index (χ0n) is 7.38. The zero-order valence-corrected chi connectivity index (χ0v) is 9.01. The first kappa shape index (κ1) is 10.9. The van der Waals surface area contributed by atoms with Crippen molar-refractivity contribution in [3.63, 3.8) is 0 Å². The van der Waals surface area contributed by atoms with E-state index >= 15 is 0 Å². The van der Waals surface area contributed by atoms with Crippen molar-refractivity contribution >= 4 is 21.6 Å². The maximum atomic E-state index is 12.7. The third kappa shape index (κ3) is 3.56. The average Bonchev–Trinajstić information content (AvgIpc) is 2.07. The maximum absolute atomic E-state index is 12.7. The number of hydrogen-bond acceptors (Lipinski definition) is 2. The van der Waals surface area contributed by atoms with Crippen LogP contribution in [0.1, 0.15) is 13.8 Å². The first-order chi connectivity index (χ1) is 6.09. The van der Waals surface area contributed by atoms with Crippen LogP contribution < -0.4 is 0 Å². The molecular weight excluding hydrogens is 210 g/mol. The molecule has 0 aliphatic rings. The largest absolute Gasteiger partial charge is 0.204 e. The molecule has 4 heteroatoms. The Hall–Kier alpha value is -0.220. The second-order valence-electron chi connectivity index (χ2n) is 2.80. The predicted octanol–water partition coefficient (Wildman–Crippen LogP) is 4.11. The predicted molar refractivity (Wildman–Crippen MR) is 54.9 cm³/mol. The average molecular weight is 220 g/mol. The highest BCUT2D eigenvalue weighted by Crippen LogP contribution is 2.34. The highest BCUT2D eigenvalue weighted by molar-refractivity contribution is 8.76. The summed E-state index contributed by atoms with van der Waals surface area (Å²) in [4.78, 5) is 0.748. The van der Waals surface area contributed by atoms with E-state index in [1.807, 2.05) is 0 Å². The van der Waals surface area contributed by atoms with E-state index in [9.17, 15) is 8.78 Å². The second kappa shape index (κ2) is 4.86. The molecule has 0 unspecified atom stereocenters. The van der Waals surface area contributed by atoms with Crippen LogP contribution in [-0.2, 0) is 0 Å². The summed E-state index contributed by atoms with van der Waals surface area (Å²) in [5.74, 6) is -1.58. The lowest BCUT2D eigenvalue weighted by Crippen LogP contribution is -1.84. The quantitative estimate of drug-likeness (QED) is 0.703. The van der Waals surface area contributed by atoms with Crippen molar-refractivity contribution < 1.29 is 8.78 Å². The molecule has 0 radical (unpaired) electrons. The molecule has 1 aromatic carbocycles. The summed E-state index contributed by atoms with van der Waals surface area (Å²) in [5, 5.41) is 0.470. The van der Waals surface area contributed by atoms with Crippen molar-refractivity contribution in [2.24, 2.45) is 0 Å². The molecule has 13 heavy (non-hydrogen) atoms. The lowest BCUT2D eigenvalue weighted by molar-refractivity contribution is 0.506. The van der Waals surface area contributed by atoms with Gasteiger partial charge >= 0.3 is 0 Å². The molecule has 0 aliphatic carbocycles. The molecule has 0 amide bonds. The Balaban J connectivity index is 2.63. The van der Waals surface area contributed by atoms with Gasteiger partial charge in [0.05, 0.1) is 0 Å². The van der Waals surface area contributed by atoms with Crippen LogP contribution in [0.15, 0.2) is 23.1 Å². The number of rotatable bonds is 3. The summed E-state index contributed by atoms with van der Waals surface area (Å²) in [6.45, 7) is 4.11. The van der Waals surface area contributed by atoms with E-state index in [1.54, 1.807) is 16.9 Å². The van der Waals surface area contributed by atoms with Gasteiger partial charge in [0.1, 0.15) is 0 Å². The third-order valence-corrected chi connectivity index (χ3v) is 4.18. The van der Waals surface area contributed by atoms with Crippen molar-refractivity contribution in [1.29, 1.82) is 0 Å². The van der Waals surface area contributed by atoms with Crippen LogP contribution in [-0.4, -0.2) is 5.25 Å². The first-order valence-electron chi connectivity index (χ1n) is 3.88. The molecule has 0 heterocycles. The molecule has 0 aliphatic heterocycles. The molecule has 0 nitrogen and oxygen atoms in total. The van der Waals surface area contributed by atoms with Crippen LogP contribution >= 0.6 is 21.6 Å². The van der Waals surface area contributed by atoms with Crippen molar-refractivity contribution in [2.75, 3.05) is 0 Å². The summed E-state index contributed by atoms with van der Waals surface area (Å²) in [5.41, 5.74) is 0. The van der Waals surface area contributed by atoms with Crippen LogP contribution in [0.25, 0.3) is 0 Å². The van der Waals surface area contributed by atoms with E-state index in [1.165, 1.54) is 16.9 Å². The fourth-order valence-corrected chi connectivity index (χ4v) is 2.48. The van der Waals surface area contributed by atoms with E-state index in [2.05, 4.69) is 13.8 Å². The van der Waals surface area contributed by atoms with Crippen LogP contribution in [0.2, 0.25) is 0 Å². The van der Waals surface area contributed by atoms with E-state index in [-0.39, 0.29) is 0 Å². The van der Waals surface area contributed by atoms with Crippen molar-refractivity contribution in [3.8, 4) is 0 Å². The Bertz CT molecular complexity index is 287. The smallest absolute Gasteiger partial charge is 0.159 e. The highest BCUT2D eigenvalue weighted by Gasteiger charge is 2.03. The monoisotopic (exact) mass is 220 g/mol. The number of hydrogen-bond donors (Lipinski definition) is 0. The van der Waals surface area contributed by atoms with E-state index in [4.69, 9.17) is 0 Å². The Morgan fingerprint density at radius 2 is 1.85 bits per heavy atom. The maximum Gasteiger partial charge on any atom is 0.159 e. The second-order valence-corrected chi connectivity index (χ2v) is 5.65. The molecule has 0 saturated carbocycles. The molecule has 0 bridgehead atoms. The Morgan fingerprint density at radius 3 is 2.38 bits per heavy atom. The standard InChI is InChI=1S/C9H10F2S2/c1-6(2)12-13-7-3-4-8(10)9(11)5-7/h3-6H,1-2H3. The summed E-state index contributed by atoms with van der Waals surface area (Å²) in [6.07, 6.45) is 0. The summed E-state index contributed by atoms with van der Waals surface area (Å²) in [7, 11) is 3.09. The molecule has 0 spiro atoms. The molecule has 0 saturated heterocycles. The highest BCUT2D eigenvalue weighted by atomic mass is 33.1. The molecule has 0 fully saturated rings. The van der Waals surface area contributed by atoms with Gasteiger partial charge in [-0.3, -0.25) is 0 Å². The van der Waals surface area contributed by atoms with Crippen molar-refractivity contribution in [2.45, 2.75) is 24.0 Å². The lowest BCUT2D eigenvalue weighted by Gasteiger charge is -2.03. The van der Waals surface area contributed by atoms with Gasteiger partial charge in [0.2, 0.25) is 0 Å². The first-order valence-corrected chi connectivity index (χ1v) is 6.09. The fourth-order valence-electron chi connectivity index (χ4n) is 0.680. The Morgan fingerprint density at radius 1 is 1.15 bits per heavy atom. The summed E-state index contributed by atoms with van der Waals surface area (Å²) >= 11 is 0. The van der Waals surface area contributed by atoms with Crippen LogP contribution in [0.4, 0.5) is 8.78 Å². The normalized spacial score (nSPS) is 10.8. The van der Waals surface area contributed by atoms with E-state index in [0.717, 1.165) is 11.0 Å². The molecule has 0 N–H and O–H groups in total. The lowest BCUT2D eigenvalue weighted by atomic mass is 10.3. The topological polar surface area (TPSA) is 0 Å². The van der Waals surface area contributed by atoms with Crippen molar-refractivity contribution in [3.05, 3.63) is 29.8 Å². The Kier molecular flexibility index (Phi) is 4.06. The SMILES string of the molecule is CC(C)SSc1ccc(F)c(F)c1. The fraction of sp³-hybridized carbons (Fsp3) is 0.333. The van der Waals surface area contributed by atoms with Gasteiger partial charge < -0.3 is 0 Å². The molecule has 0 atom stereocenters. The minimum atomic E-state index is -0.793. The van der Waals surface area contributed by atoms with Gasteiger partial charge in [-0.1, -0.05) is 35.4 Å². The summed E-state index contributed by atoms with van der Waals surface area (Å²) in [6, 6.07) is 3.95. The Labute approximate surface area is 84.5 Å². The van der Waals surface area contributed by atoms with Crippen LogP contribution in [0, 0.1) is 11.6 Å². The summed E-state index contributed by atoms with van der Waals surface area (Å²) < 4.78 is 25.2. The molecule has 1 rings (SSSR count). The van der Waals surface area contributed by atoms with E-state index < -0.39 is 11.6 Å². The van der Waals surface area contributed by atoms with Gasteiger partial charge in [-0.25, -0.2) is 8.78 Å². The van der Waals surface area contributed by atoms with Gasteiger partial charge in [0.15, 0.2) is 11.6 Å². The van der Waals surface area contributed by atoms with Gasteiger partial charge in [-0.05, 0) is 18.2 Å². The third-order valence-electron chi connectivity index (χ3n) is 1.23. The van der Waals surface area contributed by atoms with Crippen LogP contribution in [0.5, 0.6) is 0 Å². The van der Waals surface area contributed by atoms with E-state index in [0.29, 0.717) is 5.25 Å². The van der Waals surface area contributed by atoms with Crippen molar-refractivity contribution in [1.82, 2.24) is 0 Å². The number of benzene rings is 1.